The second-order valence-corrected chi connectivity index (χ2v) is 1.18. The van der Waals surface area contributed by atoms with Gasteiger partial charge in [0.2, 0.25) is 0 Å². The van der Waals surface area contributed by atoms with Crippen molar-refractivity contribution in [2.24, 2.45) is 0 Å². The third-order valence-electron chi connectivity index (χ3n) is 0.386. The smallest absolute Gasteiger partial charge is 0.171 e. The van der Waals surface area contributed by atoms with Gasteiger partial charge in [-0.15, -0.1) is 17.5 Å². The Balaban J connectivity index is 0.000000360. The van der Waals surface area contributed by atoms with E-state index in [0.717, 1.165) is 0 Å². The van der Waals surface area contributed by atoms with Crippen molar-refractivity contribution in [3.63, 3.8) is 0 Å². The number of H-pyrrole nitrogens is 1. The molecule has 40 valence electrons. The van der Waals surface area contributed by atoms with E-state index in [0.29, 0.717) is 5.15 Å². The molecule has 0 amide bonds. The Morgan fingerprint density at radius 2 is 2.43 bits per heavy atom. The zero-order valence-electron chi connectivity index (χ0n) is 3.26. The molecule has 0 saturated carbocycles. The lowest BCUT2D eigenvalue weighted by Gasteiger charge is -1.58. The molecule has 0 fully saturated rings. The number of hydrogen-bond donors (Lipinski definition) is 1. The van der Waals surface area contributed by atoms with Crippen molar-refractivity contribution < 1.29 is 0 Å². The first-order valence-electron chi connectivity index (χ1n) is 1.41. The summed E-state index contributed by atoms with van der Waals surface area (Å²) in [7, 11) is 0. The summed E-state index contributed by atoms with van der Waals surface area (Å²) in [6.45, 7) is 0. The Kier molecular flexibility index (Phi) is 2.71. The Morgan fingerprint density at radius 1 is 1.71 bits per heavy atom. The van der Waals surface area contributed by atoms with Crippen molar-refractivity contribution in [2.45, 2.75) is 0 Å². The highest BCUT2D eigenvalue weighted by Crippen LogP contribution is 1.93. The van der Waals surface area contributed by atoms with Gasteiger partial charge in [0.15, 0.2) is 5.15 Å². The molecule has 1 aromatic heterocycles. The van der Waals surface area contributed by atoms with Crippen molar-refractivity contribution in [1.82, 2.24) is 15.4 Å². The third kappa shape index (κ3) is 1.75. The highest BCUT2D eigenvalue weighted by Gasteiger charge is 1.79. The molecule has 1 rings (SSSR count). The predicted molar refractivity (Wildman–Crippen MR) is 28.6 cm³/mol. The Hall–Kier alpha value is -0.280. The van der Waals surface area contributed by atoms with Crippen LogP contribution in [0.15, 0.2) is 6.20 Å². The van der Waals surface area contributed by atoms with Gasteiger partial charge in [-0.2, -0.15) is 10.3 Å². The molecule has 0 aromatic carbocycles. The molecule has 1 heterocycles. The fourth-order valence-electron chi connectivity index (χ4n) is 0.188. The monoisotopic (exact) mass is 139 g/mol. The van der Waals surface area contributed by atoms with E-state index in [2.05, 4.69) is 15.4 Å². The number of aromatic amines is 1. The molecule has 3 nitrogen and oxygen atoms in total. The summed E-state index contributed by atoms with van der Waals surface area (Å²) in [4.78, 5) is 0. The molecule has 0 radical (unpaired) electrons. The van der Waals surface area contributed by atoms with Crippen LogP contribution in [0.1, 0.15) is 0 Å². The van der Waals surface area contributed by atoms with E-state index in [1.54, 1.807) is 0 Å². The number of rotatable bonds is 0. The van der Waals surface area contributed by atoms with Crippen LogP contribution in [0.4, 0.5) is 0 Å². The predicted octanol–water partition coefficient (Wildman–Crippen LogP) is 0.880. The van der Waals surface area contributed by atoms with Crippen molar-refractivity contribution in [3.8, 4) is 0 Å². The van der Waals surface area contributed by atoms with E-state index < -0.39 is 0 Å². The van der Waals surface area contributed by atoms with Crippen LogP contribution in [0.25, 0.3) is 0 Å². The zero-order valence-corrected chi connectivity index (χ0v) is 4.83. The van der Waals surface area contributed by atoms with Gasteiger partial charge in [0, 0.05) is 0 Å². The highest BCUT2D eigenvalue weighted by atomic mass is 35.5. The van der Waals surface area contributed by atoms with Crippen LogP contribution in [-0.4, -0.2) is 15.4 Å². The van der Waals surface area contributed by atoms with Crippen LogP contribution in [0, 0.1) is 0 Å². The SMILES string of the molecule is Cl.Clc1cn[nH]n1. The summed E-state index contributed by atoms with van der Waals surface area (Å²) in [5, 5.41) is 9.60. The molecule has 0 spiro atoms. The average Bonchev–Trinajstić information content (AvgIpc) is 1.86. The van der Waals surface area contributed by atoms with Crippen molar-refractivity contribution in [2.75, 3.05) is 0 Å². The minimum atomic E-state index is 0. The Morgan fingerprint density at radius 3 is 2.57 bits per heavy atom. The van der Waals surface area contributed by atoms with Crippen LogP contribution >= 0.6 is 24.0 Å². The Bertz CT molecular complexity index is 114. The quantitative estimate of drug-likeness (QED) is 0.581. The lowest BCUT2D eigenvalue weighted by atomic mass is 11.0. The maximum absolute atomic E-state index is 5.25. The van der Waals surface area contributed by atoms with E-state index in [4.69, 9.17) is 11.6 Å². The topological polar surface area (TPSA) is 41.6 Å². The lowest BCUT2D eigenvalue weighted by Crippen LogP contribution is -1.63. The first-order valence-corrected chi connectivity index (χ1v) is 1.78. The van der Waals surface area contributed by atoms with Crippen LogP contribution in [0.5, 0.6) is 0 Å². The molecular formula is C2H3Cl2N3. The normalized spacial score (nSPS) is 7.57. The largest absolute Gasteiger partial charge is 0.196 e. The minimum Gasteiger partial charge on any atom is -0.196 e. The summed E-state index contributed by atoms with van der Waals surface area (Å²) < 4.78 is 0. The van der Waals surface area contributed by atoms with Gasteiger partial charge in [0.1, 0.15) is 0 Å². The van der Waals surface area contributed by atoms with Gasteiger partial charge in [-0.25, -0.2) is 0 Å². The van der Waals surface area contributed by atoms with Gasteiger partial charge in [-0.05, 0) is 0 Å². The average molecular weight is 140 g/mol. The maximum atomic E-state index is 5.25. The van der Waals surface area contributed by atoms with Crippen molar-refractivity contribution in [1.29, 1.82) is 0 Å². The zero-order chi connectivity index (χ0) is 4.41. The summed E-state index contributed by atoms with van der Waals surface area (Å²) in [5.41, 5.74) is 0. The van der Waals surface area contributed by atoms with Gasteiger partial charge >= 0.3 is 0 Å². The molecule has 1 N–H and O–H groups in total. The molecular weight excluding hydrogens is 137 g/mol. The van der Waals surface area contributed by atoms with E-state index in [9.17, 15) is 0 Å². The minimum absolute atomic E-state index is 0. The number of aromatic nitrogens is 3. The van der Waals surface area contributed by atoms with Crippen LogP contribution in [-0.2, 0) is 0 Å². The van der Waals surface area contributed by atoms with Crippen molar-refractivity contribution in [3.05, 3.63) is 11.3 Å². The lowest BCUT2D eigenvalue weighted by molar-refractivity contribution is 0.940. The standard InChI is InChI=1S/C2H2ClN3.ClH/c3-2-1-4-6-5-2;/h1H,(H,4,5,6);1H. The molecule has 0 aliphatic rings. The number of nitrogens with zero attached hydrogens (tertiary/aromatic N) is 2. The van der Waals surface area contributed by atoms with Crippen molar-refractivity contribution >= 4 is 24.0 Å². The third-order valence-corrected chi connectivity index (χ3v) is 0.568. The molecule has 0 aliphatic heterocycles. The molecule has 7 heavy (non-hydrogen) atoms. The van der Waals surface area contributed by atoms with E-state index in [-0.39, 0.29) is 12.4 Å². The molecule has 0 unspecified atom stereocenters. The first-order chi connectivity index (χ1) is 2.89. The van der Waals surface area contributed by atoms with E-state index in [1.165, 1.54) is 6.20 Å². The first kappa shape index (κ1) is 6.72. The molecule has 0 atom stereocenters. The summed E-state index contributed by atoms with van der Waals surface area (Å²) in [6.07, 6.45) is 1.43. The van der Waals surface area contributed by atoms with E-state index >= 15 is 0 Å². The summed E-state index contributed by atoms with van der Waals surface area (Å²) in [5.74, 6) is 0. The van der Waals surface area contributed by atoms with Crippen LogP contribution < -0.4 is 0 Å². The maximum Gasteiger partial charge on any atom is 0.171 e. The van der Waals surface area contributed by atoms with Gasteiger partial charge in [-0.3, -0.25) is 0 Å². The van der Waals surface area contributed by atoms with E-state index in [1.807, 2.05) is 0 Å². The second-order valence-electron chi connectivity index (χ2n) is 0.793. The number of nitrogens with one attached hydrogen (secondary N) is 1. The second kappa shape index (κ2) is 2.82. The molecule has 0 aliphatic carbocycles. The van der Waals surface area contributed by atoms with Gasteiger partial charge in [0.05, 0.1) is 6.20 Å². The summed E-state index contributed by atoms with van der Waals surface area (Å²) in [6, 6.07) is 0. The van der Waals surface area contributed by atoms with Gasteiger partial charge in [0.25, 0.3) is 0 Å². The van der Waals surface area contributed by atoms with Gasteiger partial charge < -0.3 is 0 Å². The molecule has 1 aromatic rings. The number of hydrogen-bond acceptors (Lipinski definition) is 2. The van der Waals surface area contributed by atoms with Crippen LogP contribution in [0.2, 0.25) is 5.15 Å². The molecule has 0 saturated heterocycles. The van der Waals surface area contributed by atoms with Crippen LogP contribution in [0.3, 0.4) is 0 Å². The molecule has 5 heteroatoms. The summed E-state index contributed by atoms with van der Waals surface area (Å²) >= 11 is 5.25. The fraction of sp³-hybridized carbons (Fsp3) is 0. The number of halogens is 2. The Labute approximate surface area is 51.5 Å². The molecule has 0 bridgehead atoms. The van der Waals surface area contributed by atoms with Gasteiger partial charge in [-0.1, -0.05) is 11.6 Å². The fourth-order valence-corrected chi connectivity index (χ4v) is 0.274. The highest BCUT2D eigenvalue weighted by molar-refractivity contribution is 6.29.